The molecule has 2 atom stereocenters. The number of nitrogens with one attached hydrogen (secondary N) is 1. The van der Waals surface area contributed by atoms with Gasteiger partial charge in [-0.05, 0) is 51.2 Å². The van der Waals surface area contributed by atoms with Gasteiger partial charge in [0.25, 0.3) is 11.8 Å². The van der Waals surface area contributed by atoms with Crippen molar-refractivity contribution in [2.75, 3.05) is 26.2 Å². The Hall–Kier alpha value is -2.90. The van der Waals surface area contributed by atoms with Gasteiger partial charge in [-0.25, -0.2) is 4.98 Å². The van der Waals surface area contributed by atoms with Crippen LogP contribution < -0.4 is 4.74 Å². The van der Waals surface area contributed by atoms with Crippen LogP contribution in [0.2, 0.25) is 0 Å². The van der Waals surface area contributed by atoms with Gasteiger partial charge in [-0.15, -0.1) is 0 Å². The lowest BCUT2D eigenvalue weighted by Crippen LogP contribution is -2.65. The number of hydrogen-bond acceptors (Lipinski definition) is 5. The summed E-state index contributed by atoms with van der Waals surface area (Å²) in [4.78, 5) is 34.2. The molecule has 3 aliphatic rings. The van der Waals surface area contributed by atoms with Crippen LogP contribution >= 0.6 is 0 Å². The first-order chi connectivity index (χ1) is 14.7. The van der Waals surface area contributed by atoms with E-state index in [-0.39, 0.29) is 17.9 Å². The molecule has 158 valence electrons. The van der Waals surface area contributed by atoms with E-state index in [4.69, 9.17) is 4.74 Å². The third kappa shape index (κ3) is 3.14. The quantitative estimate of drug-likeness (QED) is 0.835. The van der Waals surface area contributed by atoms with Crippen LogP contribution in [0.3, 0.4) is 0 Å². The Morgan fingerprint density at radius 2 is 2.10 bits per heavy atom. The van der Waals surface area contributed by atoms with Crippen molar-refractivity contribution in [2.24, 2.45) is 5.92 Å². The smallest absolute Gasteiger partial charge is 0.274 e. The Kier molecular flexibility index (Phi) is 4.92. The second-order valence-corrected chi connectivity index (χ2v) is 8.35. The van der Waals surface area contributed by atoms with Crippen molar-refractivity contribution < 1.29 is 14.3 Å². The highest BCUT2D eigenvalue weighted by Gasteiger charge is 2.46. The monoisotopic (exact) mass is 409 g/mol. The van der Waals surface area contributed by atoms with Crippen molar-refractivity contribution in [1.29, 1.82) is 0 Å². The van der Waals surface area contributed by atoms with Crippen LogP contribution in [-0.4, -0.2) is 69.1 Å². The highest BCUT2D eigenvalue weighted by atomic mass is 16.5. The van der Waals surface area contributed by atoms with Gasteiger partial charge in [0, 0.05) is 49.0 Å². The minimum Gasteiger partial charge on any atom is -0.477 e. The number of rotatable bonds is 4. The van der Waals surface area contributed by atoms with Crippen molar-refractivity contribution in [2.45, 2.75) is 45.1 Å². The topological polar surface area (TPSA) is 91.4 Å². The number of ether oxygens (including phenoxy) is 1. The second kappa shape index (κ2) is 7.74. The molecule has 2 aromatic rings. The zero-order valence-corrected chi connectivity index (χ0v) is 17.3. The minimum absolute atomic E-state index is 0.0310. The number of pyridine rings is 1. The standard InChI is InChI=1S/C22H27N5O3/c1-2-30-20-16(7-5-10-23-20)21(28)27-13-14-12-26(11-9-18(14)27)22(29)19-15-6-3-4-8-17(15)24-25-19/h5,7,10,14,18H,2-4,6,8-9,11-13H2,1H3,(H,24,25). The fraction of sp³-hybridized carbons (Fsp3) is 0.545. The van der Waals surface area contributed by atoms with Gasteiger partial charge in [0.05, 0.1) is 6.61 Å². The zero-order chi connectivity index (χ0) is 20.7. The number of piperidine rings is 1. The molecule has 0 saturated carbocycles. The molecule has 2 aliphatic heterocycles. The summed E-state index contributed by atoms with van der Waals surface area (Å²) in [7, 11) is 0. The van der Waals surface area contributed by atoms with Crippen molar-refractivity contribution >= 4 is 11.8 Å². The first-order valence-corrected chi connectivity index (χ1v) is 10.9. The summed E-state index contributed by atoms with van der Waals surface area (Å²) in [6.07, 6.45) is 6.62. The van der Waals surface area contributed by atoms with E-state index >= 15 is 0 Å². The lowest BCUT2D eigenvalue weighted by Gasteiger charge is -2.53. The molecular formula is C22H27N5O3. The molecule has 1 aliphatic carbocycles. The number of aromatic amines is 1. The largest absolute Gasteiger partial charge is 0.477 e. The van der Waals surface area contributed by atoms with E-state index in [2.05, 4.69) is 15.2 Å². The summed E-state index contributed by atoms with van der Waals surface area (Å²) in [6, 6.07) is 3.70. The Bertz CT molecular complexity index is 971. The first kappa shape index (κ1) is 19.1. The molecule has 2 unspecified atom stereocenters. The number of nitrogens with zero attached hydrogens (tertiary/aromatic N) is 4. The number of aromatic nitrogens is 3. The highest BCUT2D eigenvalue weighted by Crippen LogP contribution is 2.35. The van der Waals surface area contributed by atoms with Crippen LogP contribution in [0.1, 0.15) is 58.3 Å². The molecule has 4 heterocycles. The van der Waals surface area contributed by atoms with E-state index in [1.165, 1.54) is 0 Å². The number of likely N-dealkylation sites (tertiary alicyclic amines) is 2. The SMILES string of the molecule is CCOc1ncccc1C(=O)N1CC2CN(C(=O)c3n[nH]c4c3CCCC4)CCC21. The predicted molar refractivity (Wildman–Crippen MR) is 109 cm³/mol. The molecule has 2 fully saturated rings. The van der Waals surface area contributed by atoms with Gasteiger partial charge < -0.3 is 14.5 Å². The number of amides is 2. The number of carbonyl (C=O) groups excluding carboxylic acids is 2. The maximum atomic E-state index is 13.1. The molecule has 2 amide bonds. The van der Waals surface area contributed by atoms with Crippen LogP contribution in [0.25, 0.3) is 0 Å². The number of aryl methyl sites for hydroxylation is 1. The van der Waals surface area contributed by atoms with E-state index in [1.807, 2.05) is 16.7 Å². The molecular weight excluding hydrogens is 382 g/mol. The third-order valence-corrected chi connectivity index (χ3v) is 6.61. The van der Waals surface area contributed by atoms with Crippen molar-refractivity contribution in [3.63, 3.8) is 0 Å². The van der Waals surface area contributed by atoms with Crippen LogP contribution in [-0.2, 0) is 12.8 Å². The Morgan fingerprint density at radius 3 is 2.93 bits per heavy atom. The Labute approximate surface area is 175 Å². The number of fused-ring (bicyclic) bond motifs is 2. The average molecular weight is 409 g/mol. The Morgan fingerprint density at radius 1 is 1.23 bits per heavy atom. The summed E-state index contributed by atoms with van der Waals surface area (Å²) in [5.41, 5.74) is 3.35. The summed E-state index contributed by atoms with van der Waals surface area (Å²) < 4.78 is 5.53. The van der Waals surface area contributed by atoms with Gasteiger partial charge in [0.1, 0.15) is 5.56 Å². The fourth-order valence-electron chi connectivity index (χ4n) is 5.05. The molecule has 8 heteroatoms. The van der Waals surface area contributed by atoms with Gasteiger partial charge in [-0.2, -0.15) is 5.10 Å². The van der Waals surface area contributed by atoms with Gasteiger partial charge >= 0.3 is 0 Å². The normalized spacial score (nSPS) is 22.7. The summed E-state index contributed by atoms with van der Waals surface area (Å²) in [6.45, 7) is 4.34. The van der Waals surface area contributed by atoms with E-state index in [9.17, 15) is 9.59 Å². The van der Waals surface area contributed by atoms with Gasteiger partial charge in [0.2, 0.25) is 5.88 Å². The molecule has 0 spiro atoms. The maximum Gasteiger partial charge on any atom is 0.274 e. The van der Waals surface area contributed by atoms with E-state index in [1.54, 1.807) is 18.3 Å². The lowest BCUT2D eigenvalue weighted by atomic mass is 9.82. The van der Waals surface area contributed by atoms with Crippen molar-refractivity contribution in [3.8, 4) is 5.88 Å². The maximum absolute atomic E-state index is 13.1. The first-order valence-electron chi connectivity index (χ1n) is 10.9. The van der Waals surface area contributed by atoms with Gasteiger partial charge in [-0.1, -0.05) is 0 Å². The van der Waals surface area contributed by atoms with Crippen LogP contribution in [0.5, 0.6) is 5.88 Å². The number of hydrogen-bond donors (Lipinski definition) is 1. The fourth-order valence-corrected chi connectivity index (χ4v) is 5.05. The van der Waals surface area contributed by atoms with E-state index in [0.717, 1.165) is 43.4 Å². The predicted octanol–water partition coefficient (Wildman–Crippen LogP) is 2.07. The Balaban J connectivity index is 1.25. The van der Waals surface area contributed by atoms with Crippen LogP contribution in [0.15, 0.2) is 18.3 Å². The van der Waals surface area contributed by atoms with Crippen LogP contribution in [0, 0.1) is 5.92 Å². The van der Waals surface area contributed by atoms with Crippen molar-refractivity contribution in [3.05, 3.63) is 40.8 Å². The van der Waals surface area contributed by atoms with E-state index in [0.29, 0.717) is 49.3 Å². The molecule has 0 aromatic carbocycles. The molecule has 2 aromatic heterocycles. The molecule has 5 rings (SSSR count). The zero-order valence-electron chi connectivity index (χ0n) is 17.3. The highest BCUT2D eigenvalue weighted by molar-refractivity contribution is 5.97. The van der Waals surface area contributed by atoms with E-state index < -0.39 is 0 Å². The summed E-state index contributed by atoms with van der Waals surface area (Å²) in [5, 5.41) is 7.41. The molecule has 0 radical (unpaired) electrons. The van der Waals surface area contributed by atoms with Crippen LogP contribution in [0.4, 0.5) is 0 Å². The number of carbonyl (C=O) groups is 2. The average Bonchev–Trinajstić information content (AvgIpc) is 3.19. The molecule has 0 bridgehead atoms. The molecule has 8 nitrogen and oxygen atoms in total. The van der Waals surface area contributed by atoms with Gasteiger partial charge in [-0.3, -0.25) is 14.7 Å². The molecule has 30 heavy (non-hydrogen) atoms. The molecule has 2 saturated heterocycles. The number of H-pyrrole nitrogens is 1. The summed E-state index contributed by atoms with van der Waals surface area (Å²) >= 11 is 0. The third-order valence-electron chi connectivity index (χ3n) is 6.61. The van der Waals surface area contributed by atoms with Crippen molar-refractivity contribution in [1.82, 2.24) is 25.0 Å². The second-order valence-electron chi connectivity index (χ2n) is 8.35. The molecule has 1 N–H and O–H groups in total. The minimum atomic E-state index is -0.0334. The van der Waals surface area contributed by atoms with Gasteiger partial charge in [0.15, 0.2) is 5.69 Å². The summed E-state index contributed by atoms with van der Waals surface area (Å²) in [5.74, 6) is 0.704. The lowest BCUT2D eigenvalue weighted by molar-refractivity contribution is -0.0229.